The van der Waals surface area contributed by atoms with Gasteiger partial charge in [0.2, 0.25) is 5.91 Å². The van der Waals surface area contributed by atoms with E-state index in [9.17, 15) is 4.79 Å². The lowest BCUT2D eigenvalue weighted by Gasteiger charge is -2.11. The first-order valence-corrected chi connectivity index (χ1v) is 6.67. The van der Waals surface area contributed by atoms with E-state index in [2.05, 4.69) is 10.3 Å². The molecule has 3 N–H and O–H groups in total. The van der Waals surface area contributed by atoms with Crippen molar-refractivity contribution < 1.29 is 4.79 Å². The van der Waals surface area contributed by atoms with Crippen LogP contribution in [0.5, 0.6) is 0 Å². The number of amides is 1. The molecule has 0 unspecified atom stereocenters. The minimum absolute atomic E-state index is 0.156. The second-order valence-electron chi connectivity index (χ2n) is 3.91. The molecule has 5 heteroatoms. The number of hydrogen-bond donors (Lipinski definition) is 2. The maximum atomic E-state index is 11.8. The molecule has 2 aromatic rings. The Bertz CT molecular complexity index is 484. The van der Waals surface area contributed by atoms with Crippen LogP contribution in [0.2, 0.25) is 0 Å². The van der Waals surface area contributed by atoms with Crippen LogP contribution in [0.1, 0.15) is 17.3 Å². The largest absolute Gasteiger partial charge is 0.354 e. The fraction of sp³-hybridized carbons (Fsp3) is 0.231. The summed E-state index contributed by atoms with van der Waals surface area (Å²) in [6.45, 7) is 0.559. The summed E-state index contributed by atoms with van der Waals surface area (Å²) in [4.78, 5) is 16.0. The summed E-state index contributed by atoms with van der Waals surface area (Å²) < 4.78 is 0. The monoisotopic (exact) mass is 261 g/mol. The number of thiazole rings is 1. The molecule has 0 bridgehead atoms. The SMILES string of the molecule is N[C@H](C(=O)NCCc1cscn1)c1ccccc1. The quantitative estimate of drug-likeness (QED) is 0.857. The molecule has 0 aliphatic carbocycles. The molecule has 1 aromatic heterocycles. The predicted molar refractivity (Wildman–Crippen MR) is 72.2 cm³/mol. The fourth-order valence-electron chi connectivity index (χ4n) is 1.60. The van der Waals surface area contributed by atoms with Crippen LogP contribution >= 0.6 is 11.3 Å². The summed E-state index contributed by atoms with van der Waals surface area (Å²) in [5.41, 5.74) is 9.47. The summed E-state index contributed by atoms with van der Waals surface area (Å²) >= 11 is 1.55. The van der Waals surface area contributed by atoms with Gasteiger partial charge in [0.15, 0.2) is 0 Å². The smallest absolute Gasteiger partial charge is 0.241 e. The van der Waals surface area contributed by atoms with Crippen molar-refractivity contribution in [1.29, 1.82) is 0 Å². The van der Waals surface area contributed by atoms with Crippen molar-refractivity contribution in [2.24, 2.45) is 5.73 Å². The highest BCUT2D eigenvalue weighted by molar-refractivity contribution is 7.07. The Hall–Kier alpha value is -1.72. The number of carbonyl (C=O) groups is 1. The van der Waals surface area contributed by atoms with Crippen molar-refractivity contribution in [3.63, 3.8) is 0 Å². The van der Waals surface area contributed by atoms with Crippen LogP contribution in [0.3, 0.4) is 0 Å². The molecular formula is C13H15N3OS. The van der Waals surface area contributed by atoms with Gasteiger partial charge in [-0.2, -0.15) is 0 Å². The van der Waals surface area contributed by atoms with Crippen molar-refractivity contribution in [3.8, 4) is 0 Å². The first kappa shape index (κ1) is 12.7. The number of nitrogens with zero attached hydrogens (tertiary/aromatic N) is 1. The highest BCUT2D eigenvalue weighted by Gasteiger charge is 2.14. The van der Waals surface area contributed by atoms with Gasteiger partial charge in [0.05, 0.1) is 11.2 Å². The zero-order valence-corrected chi connectivity index (χ0v) is 10.7. The van der Waals surface area contributed by atoms with Crippen LogP contribution in [0, 0.1) is 0 Å². The van der Waals surface area contributed by atoms with E-state index in [1.165, 1.54) is 0 Å². The minimum atomic E-state index is -0.610. The van der Waals surface area contributed by atoms with Gasteiger partial charge in [0.25, 0.3) is 0 Å². The Morgan fingerprint density at radius 1 is 1.39 bits per heavy atom. The summed E-state index contributed by atoms with van der Waals surface area (Å²) in [5.74, 6) is -0.156. The second-order valence-corrected chi connectivity index (χ2v) is 4.63. The van der Waals surface area contributed by atoms with Crippen molar-refractivity contribution >= 4 is 17.2 Å². The molecule has 0 saturated carbocycles. The molecule has 1 aromatic carbocycles. The Balaban J connectivity index is 1.81. The summed E-state index contributed by atoms with van der Waals surface area (Å²) in [7, 11) is 0. The molecule has 0 aliphatic heterocycles. The molecule has 18 heavy (non-hydrogen) atoms. The lowest BCUT2D eigenvalue weighted by atomic mass is 10.1. The average Bonchev–Trinajstić information content (AvgIpc) is 2.92. The molecule has 1 amide bonds. The van der Waals surface area contributed by atoms with Crippen molar-refractivity contribution in [2.45, 2.75) is 12.5 Å². The van der Waals surface area contributed by atoms with Crippen LogP contribution < -0.4 is 11.1 Å². The fourth-order valence-corrected chi connectivity index (χ4v) is 2.19. The molecule has 1 heterocycles. The van der Waals surface area contributed by atoms with Gasteiger partial charge in [-0.15, -0.1) is 11.3 Å². The van der Waals surface area contributed by atoms with Gasteiger partial charge in [0, 0.05) is 18.3 Å². The van der Waals surface area contributed by atoms with Gasteiger partial charge in [-0.1, -0.05) is 30.3 Å². The number of hydrogen-bond acceptors (Lipinski definition) is 4. The molecule has 94 valence electrons. The van der Waals surface area contributed by atoms with E-state index in [0.717, 1.165) is 17.7 Å². The maximum Gasteiger partial charge on any atom is 0.241 e. The van der Waals surface area contributed by atoms with Crippen molar-refractivity contribution in [2.75, 3.05) is 6.54 Å². The average molecular weight is 261 g/mol. The molecule has 4 nitrogen and oxygen atoms in total. The number of carbonyl (C=O) groups excluding carboxylic acids is 1. The molecular weight excluding hydrogens is 246 g/mol. The molecule has 0 saturated heterocycles. The lowest BCUT2D eigenvalue weighted by Crippen LogP contribution is -2.35. The number of benzene rings is 1. The molecule has 0 radical (unpaired) electrons. The Kier molecular flexibility index (Phi) is 4.44. The predicted octanol–water partition coefficient (Wildman–Crippen LogP) is 1.50. The second kappa shape index (κ2) is 6.28. The van der Waals surface area contributed by atoms with Crippen LogP contribution in [-0.2, 0) is 11.2 Å². The highest BCUT2D eigenvalue weighted by atomic mass is 32.1. The molecule has 2 rings (SSSR count). The third kappa shape index (κ3) is 3.38. The van der Waals surface area contributed by atoms with E-state index < -0.39 is 6.04 Å². The first-order chi connectivity index (χ1) is 8.77. The Morgan fingerprint density at radius 3 is 2.83 bits per heavy atom. The molecule has 0 aliphatic rings. The topological polar surface area (TPSA) is 68.0 Å². The zero-order valence-electron chi connectivity index (χ0n) is 9.87. The number of nitrogens with two attached hydrogens (primary N) is 1. The van der Waals surface area contributed by atoms with Gasteiger partial charge in [-0.25, -0.2) is 4.98 Å². The van der Waals surface area contributed by atoms with Crippen LogP contribution in [0.25, 0.3) is 0 Å². The number of rotatable bonds is 5. The summed E-state index contributed by atoms with van der Waals surface area (Å²) in [6.07, 6.45) is 0.733. The normalized spacial score (nSPS) is 12.1. The highest BCUT2D eigenvalue weighted by Crippen LogP contribution is 2.09. The van der Waals surface area contributed by atoms with E-state index in [1.54, 1.807) is 16.8 Å². The number of aromatic nitrogens is 1. The van der Waals surface area contributed by atoms with Gasteiger partial charge in [-0.3, -0.25) is 4.79 Å². The third-order valence-corrected chi connectivity index (χ3v) is 3.24. The Labute approximate surface area is 110 Å². The van der Waals surface area contributed by atoms with Gasteiger partial charge >= 0.3 is 0 Å². The molecule has 0 spiro atoms. The van der Waals surface area contributed by atoms with Crippen molar-refractivity contribution in [1.82, 2.24) is 10.3 Å². The van der Waals surface area contributed by atoms with Crippen LogP contribution in [-0.4, -0.2) is 17.4 Å². The van der Waals surface area contributed by atoms with E-state index in [4.69, 9.17) is 5.73 Å². The summed E-state index contributed by atoms with van der Waals surface area (Å²) in [6, 6.07) is 8.74. The molecule has 1 atom stereocenters. The van der Waals surface area contributed by atoms with Crippen LogP contribution in [0.15, 0.2) is 41.2 Å². The Morgan fingerprint density at radius 2 is 2.17 bits per heavy atom. The minimum Gasteiger partial charge on any atom is -0.354 e. The van der Waals surface area contributed by atoms with Gasteiger partial charge < -0.3 is 11.1 Å². The van der Waals surface area contributed by atoms with E-state index >= 15 is 0 Å². The van der Waals surface area contributed by atoms with Crippen LogP contribution in [0.4, 0.5) is 0 Å². The standard InChI is InChI=1S/C13H15N3OS/c14-12(10-4-2-1-3-5-10)13(17)15-7-6-11-8-18-9-16-11/h1-5,8-9,12H,6-7,14H2,(H,15,17)/t12-/m0/s1. The van der Waals surface area contributed by atoms with Gasteiger partial charge in [0.1, 0.15) is 6.04 Å². The maximum absolute atomic E-state index is 11.8. The van der Waals surface area contributed by atoms with E-state index in [1.807, 2.05) is 35.7 Å². The summed E-state index contributed by atoms with van der Waals surface area (Å²) in [5, 5.41) is 4.80. The zero-order chi connectivity index (χ0) is 12.8. The molecule has 0 fully saturated rings. The van der Waals surface area contributed by atoms with Gasteiger partial charge in [-0.05, 0) is 5.56 Å². The first-order valence-electron chi connectivity index (χ1n) is 5.72. The number of nitrogens with one attached hydrogen (secondary N) is 1. The third-order valence-electron chi connectivity index (χ3n) is 2.60. The van der Waals surface area contributed by atoms with E-state index in [-0.39, 0.29) is 5.91 Å². The van der Waals surface area contributed by atoms with E-state index in [0.29, 0.717) is 6.54 Å². The van der Waals surface area contributed by atoms with Crippen molar-refractivity contribution in [3.05, 3.63) is 52.5 Å². The lowest BCUT2D eigenvalue weighted by molar-refractivity contribution is -0.122.